The van der Waals surface area contributed by atoms with Gasteiger partial charge in [0.2, 0.25) is 0 Å². The molecule has 2 heterocycles. The Morgan fingerprint density at radius 1 is 1.50 bits per heavy atom. The van der Waals surface area contributed by atoms with Crippen LogP contribution >= 0.6 is 0 Å². The lowest BCUT2D eigenvalue weighted by molar-refractivity contribution is 1.05. The fraction of sp³-hybridized carbons (Fsp3) is 0.125. The van der Waals surface area contributed by atoms with Crippen molar-refractivity contribution in [3.05, 3.63) is 36.4 Å². The molecule has 0 spiro atoms. The van der Waals surface area contributed by atoms with Crippen LogP contribution < -0.4 is 0 Å². The zero-order chi connectivity index (χ0) is 6.97. The SMILES string of the molecule is Cc1cc2cccn2cn1. The maximum Gasteiger partial charge on any atom is 0.0993 e. The maximum atomic E-state index is 4.14. The number of hydrogen-bond acceptors (Lipinski definition) is 1. The van der Waals surface area contributed by atoms with Crippen LogP contribution in [0.15, 0.2) is 30.7 Å². The molecule has 0 fully saturated rings. The third-order valence-corrected chi connectivity index (χ3v) is 1.55. The highest BCUT2D eigenvalue weighted by atomic mass is 14.9. The molecule has 0 saturated heterocycles. The highest BCUT2D eigenvalue weighted by molar-refractivity contribution is 5.47. The minimum absolute atomic E-state index is 1.06. The number of aromatic nitrogens is 2. The fourth-order valence-electron chi connectivity index (χ4n) is 1.04. The number of rotatable bonds is 0. The summed E-state index contributed by atoms with van der Waals surface area (Å²) >= 11 is 0. The first-order valence-corrected chi connectivity index (χ1v) is 3.25. The van der Waals surface area contributed by atoms with E-state index in [0.29, 0.717) is 0 Å². The Balaban J connectivity index is 2.86. The lowest BCUT2D eigenvalue weighted by Gasteiger charge is -1.93. The topological polar surface area (TPSA) is 17.3 Å². The molecular weight excluding hydrogens is 124 g/mol. The van der Waals surface area contributed by atoms with Crippen molar-refractivity contribution in [1.82, 2.24) is 9.38 Å². The van der Waals surface area contributed by atoms with Crippen molar-refractivity contribution in [3.8, 4) is 0 Å². The molecule has 0 bridgehead atoms. The molecule has 2 aromatic rings. The highest BCUT2D eigenvalue weighted by Gasteiger charge is 1.89. The zero-order valence-corrected chi connectivity index (χ0v) is 5.78. The lowest BCUT2D eigenvalue weighted by Crippen LogP contribution is -1.85. The number of nitrogens with zero attached hydrogens (tertiary/aromatic N) is 2. The van der Waals surface area contributed by atoms with Crippen LogP contribution in [-0.4, -0.2) is 9.38 Å². The van der Waals surface area contributed by atoms with Gasteiger partial charge in [0, 0.05) is 17.4 Å². The summed E-state index contributed by atoms with van der Waals surface area (Å²) in [5.74, 6) is 0. The first kappa shape index (κ1) is 5.47. The van der Waals surface area contributed by atoms with Gasteiger partial charge in [0.05, 0.1) is 6.33 Å². The Hall–Kier alpha value is -1.31. The van der Waals surface area contributed by atoms with Crippen molar-refractivity contribution < 1.29 is 0 Å². The van der Waals surface area contributed by atoms with Gasteiger partial charge < -0.3 is 4.40 Å². The first-order chi connectivity index (χ1) is 4.86. The van der Waals surface area contributed by atoms with Gasteiger partial charge in [0.1, 0.15) is 0 Å². The van der Waals surface area contributed by atoms with Gasteiger partial charge in [-0.1, -0.05) is 0 Å². The average Bonchev–Trinajstić information content (AvgIpc) is 2.33. The Morgan fingerprint density at radius 2 is 2.40 bits per heavy atom. The van der Waals surface area contributed by atoms with Gasteiger partial charge in [-0.15, -0.1) is 0 Å². The highest BCUT2D eigenvalue weighted by Crippen LogP contribution is 2.03. The zero-order valence-electron chi connectivity index (χ0n) is 5.78. The molecule has 0 amide bonds. The predicted molar refractivity (Wildman–Crippen MR) is 39.9 cm³/mol. The van der Waals surface area contributed by atoms with E-state index in [2.05, 4.69) is 17.1 Å². The molecular formula is C8H8N2. The summed E-state index contributed by atoms with van der Waals surface area (Å²) in [6, 6.07) is 6.13. The molecule has 50 valence electrons. The van der Waals surface area contributed by atoms with Crippen molar-refractivity contribution in [1.29, 1.82) is 0 Å². The molecule has 0 aliphatic heterocycles. The molecule has 2 aromatic heterocycles. The van der Waals surface area contributed by atoms with Gasteiger partial charge in [-0.25, -0.2) is 4.98 Å². The normalized spacial score (nSPS) is 10.5. The fourth-order valence-corrected chi connectivity index (χ4v) is 1.04. The molecule has 0 unspecified atom stereocenters. The first-order valence-electron chi connectivity index (χ1n) is 3.25. The summed E-state index contributed by atoms with van der Waals surface area (Å²) in [4.78, 5) is 4.14. The van der Waals surface area contributed by atoms with E-state index in [1.807, 2.05) is 29.9 Å². The number of hydrogen-bond donors (Lipinski definition) is 0. The van der Waals surface area contributed by atoms with Gasteiger partial charge in [0.25, 0.3) is 0 Å². The average molecular weight is 132 g/mol. The van der Waals surface area contributed by atoms with E-state index in [1.54, 1.807) is 0 Å². The van der Waals surface area contributed by atoms with Crippen LogP contribution in [0.1, 0.15) is 5.69 Å². The van der Waals surface area contributed by atoms with Crippen molar-refractivity contribution in [3.63, 3.8) is 0 Å². The van der Waals surface area contributed by atoms with Crippen molar-refractivity contribution >= 4 is 5.52 Å². The predicted octanol–water partition coefficient (Wildman–Crippen LogP) is 1.64. The second-order valence-electron chi connectivity index (χ2n) is 2.37. The molecule has 0 aliphatic carbocycles. The summed E-state index contributed by atoms with van der Waals surface area (Å²) in [5, 5.41) is 0. The molecule has 2 nitrogen and oxygen atoms in total. The summed E-state index contributed by atoms with van der Waals surface area (Å²) in [5.41, 5.74) is 2.26. The lowest BCUT2D eigenvalue weighted by atomic mass is 10.4. The van der Waals surface area contributed by atoms with E-state index in [0.717, 1.165) is 5.69 Å². The summed E-state index contributed by atoms with van der Waals surface area (Å²) < 4.78 is 1.99. The van der Waals surface area contributed by atoms with Crippen LogP contribution in [0.5, 0.6) is 0 Å². The van der Waals surface area contributed by atoms with Crippen molar-refractivity contribution in [2.24, 2.45) is 0 Å². The Bertz CT molecular complexity index is 349. The molecule has 0 N–H and O–H groups in total. The molecule has 0 radical (unpaired) electrons. The van der Waals surface area contributed by atoms with Gasteiger partial charge in [-0.3, -0.25) is 0 Å². The molecule has 2 heteroatoms. The van der Waals surface area contributed by atoms with E-state index in [9.17, 15) is 0 Å². The monoisotopic (exact) mass is 132 g/mol. The van der Waals surface area contributed by atoms with Crippen LogP contribution in [0.4, 0.5) is 0 Å². The van der Waals surface area contributed by atoms with Crippen LogP contribution in [0.25, 0.3) is 5.52 Å². The van der Waals surface area contributed by atoms with Gasteiger partial charge in [-0.05, 0) is 25.1 Å². The van der Waals surface area contributed by atoms with E-state index < -0.39 is 0 Å². The molecule has 2 rings (SSSR count). The van der Waals surface area contributed by atoms with E-state index >= 15 is 0 Å². The van der Waals surface area contributed by atoms with E-state index in [-0.39, 0.29) is 0 Å². The number of fused-ring (bicyclic) bond motifs is 1. The molecule has 0 aliphatic rings. The Labute approximate surface area is 59.1 Å². The van der Waals surface area contributed by atoms with Gasteiger partial charge >= 0.3 is 0 Å². The van der Waals surface area contributed by atoms with Crippen LogP contribution in [-0.2, 0) is 0 Å². The van der Waals surface area contributed by atoms with Crippen molar-refractivity contribution in [2.75, 3.05) is 0 Å². The van der Waals surface area contributed by atoms with E-state index in [4.69, 9.17) is 0 Å². The van der Waals surface area contributed by atoms with Crippen molar-refractivity contribution in [2.45, 2.75) is 6.92 Å². The minimum atomic E-state index is 1.06. The third kappa shape index (κ3) is 0.692. The van der Waals surface area contributed by atoms with Crippen LogP contribution in [0, 0.1) is 6.92 Å². The molecule has 0 aromatic carbocycles. The summed E-state index contributed by atoms with van der Waals surface area (Å²) in [7, 11) is 0. The smallest absolute Gasteiger partial charge is 0.0993 e. The number of aryl methyl sites for hydroxylation is 1. The minimum Gasteiger partial charge on any atom is -0.308 e. The maximum absolute atomic E-state index is 4.14. The Kier molecular flexibility index (Phi) is 1.01. The standard InChI is InChI=1S/C8H8N2/c1-7-5-8-3-2-4-10(8)6-9-7/h2-6H,1H3. The summed E-state index contributed by atoms with van der Waals surface area (Å²) in [6.07, 6.45) is 3.81. The Morgan fingerprint density at radius 3 is 3.30 bits per heavy atom. The van der Waals surface area contributed by atoms with E-state index in [1.165, 1.54) is 5.52 Å². The second kappa shape index (κ2) is 1.84. The quantitative estimate of drug-likeness (QED) is 0.532. The van der Waals surface area contributed by atoms with Crippen LogP contribution in [0.3, 0.4) is 0 Å². The van der Waals surface area contributed by atoms with Crippen LogP contribution in [0.2, 0.25) is 0 Å². The molecule has 0 saturated carbocycles. The van der Waals surface area contributed by atoms with Gasteiger partial charge in [-0.2, -0.15) is 0 Å². The largest absolute Gasteiger partial charge is 0.308 e. The molecule has 0 atom stereocenters. The van der Waals surface area contributed by atoms with Gasteiger partial charge in [0.15, 0.2) is 0 Å². The third-order valence-electron chi connectivity index (χ3n) is 1.55. The molecule has 10 heavy (non-hydrogen) atoms. The second-order valence-corrected chi connectivity index (χ2v) is 2.37. The summed E-state index contributed by atoms with van der Waals surface area (Å²) in [6.45, 7) is 1.99.